The Balaban J connectivity index is 2.14. The minimum atomic E-state index is -0.254. The molecule has 2 aromatic rings. The number of alkyl halides is 1. The highest BCUT2D eigenvalue weighted by molar-refractivity contribution is 9.09. The summed E-state index contributed by atoms with van der Waals surface area (Å²) in [5.41, 5.74) is 0.856. The molecule has 0 aliphatic carbocycles. The van der Waals surface area contributed by atoms with Crippen LogP contribution in [0.25, 0.3) is 10.9 Å². The van der Waals surface area contributed by atoms with E-state index in [1.54, 1.807) is 13.1 Å². The first kappa shape index (κ1) is 13.9. The van der Waals surface area contributed by atoms with E-state index in [1.165, 1.54) is 4.73 Å². The number of carbonyl (C=O) groups excluding carboxylic acids is 1. The van der Waals surface area contributed by atoms with Gasteiger partial charge in [0.15, 0.2) is 0 Å². The van der Waals surface area contributed by atoms with Gasteiger partial charge in [0.1, 0.15) is 5.75 Å². The Morgan fingerprint density at radius 3 is 2.95 bits per heavy atom. The maximum absolute atomic E-state index is 11.3. The third kappa shape index (κ3) is 3.50. The van der Waals surface area contributed by atoms with Crippen molar-refractivity contribution < 1.29 is 14.4 Å². The highest BCUT2D eigenvalue weighted by Crippen LogP contribution is 2.21. The van der Waals surface area contributed by atoms with Crippen LogP contribution in [0.3, 0.4) is 0 Å². The van der Waals surface area contributed by atoms with Crippen molar-refractivity contribution in [2.45, 2.75) is 19.8 Å². The van der Waals surface area contributed by atoms with Crippen molar-refractivity contribution in [3.8, 4) is 5.75 Å². The van der Waals surface area contributed by atoms with Gasteiger partial charge in [0.2, 0.25) is 0 Å². The highest BCUT2D eigenvalue weighted by Gasteiger charge is 2.06. The van der Waals surface area contributed by atoms with Gasteiger partial charge < -0.3 is 9.57 Å². The molecule has 19 heavy (non-hydrogen) atoms. The second kappa shape index (κ2) is 6.61. The standard InChI is InChI=1S/C14H16BrNO3/c1-2-14(17)19-16-8-6-11-10-12(4-5-13(11)16)18-9-3-7-15/h4-6,8,10H,2-3,7,9H2,1H3. The van der Waals surface area contributed by atoms with Gasteiger partial charge in [-0.25, -0.2) is 4.79 Å². The fourth-order valence-corrected chi connectivity index (χ4v) is 1.91. The summed E-state index contributed by atoms with van der Waals surface area (Å²) >= 11 is 3.36. The van der Waals surface area contributed by atoms with Crippen LogP contribution in [0.4, 0.5) is 0 Å². The first-order chi connectivity index (χ1) is 9.24. The van der Waals surface area contributed by atoms with E-state index in [9.17, 15) is 4.79 Å². The fraction of sp³-hybridized carbons (Fsp3) is 0.357. The van der Waals surface area contributed by atoms with Gasteiger partial charge in [-0.3, -0.25) is 0 Å². The predicted octanol–water partition coefficient (Wildman–Crippen LogP) is 3.17. The van der Waals surface area contributed by atoms with E-state index in [-0.39, 0.29) is 5.97 Å². The summed E-state index contributed by atoms with van der Waals surface area (Å²) in [4.78, 5) is 16.5. The SMILES string of the molecule is CCC(=O)On1ccc2cc(OCCCBr)ccc21. The van der Waals surface area contributed by atoms with Gasteiger partial charge >= 0.3 is 5.97 Å². The second-order valence-electron chi connectivity index (χ2n) is 4.07. The number of hydrogen-bond donors (Lipinski definition) is 0. The Morgan fingerprint density at radius 2 is 2.21 bits per heavy atom. The van der Waals surface area contributed by atoms with Crippen molar-refractivity contribution in [2.75, 3.05) is 11.9 Å². The van der Waals surface area contributed by atoms with E-state index < -0.39 is 0 Å². The van der Waals surface area contributed by atoms with Crippen LogP contribution >= 0.6 is 15.9 Å². The van der Waals surface area contributed by atoms with Gasteiger partial charge in [-0.15, -0.1) is 0 Å². The van der Waals surface area contributed by atoms with E-state index in [0.29, 0.717) is 13.0 Å². The molecule has 0 spiro atoms. The monoisotopic (exact) mass is 325 g/mol. The van der Waals surface area contributed by atoms with Gasteiger partial charge in [0.25, 0.3) is 0 Å². The third-order valence-corrected chi connectivity index (χ3v) is 3.22. The molecular formula is C14H16BrNO3. The zero-order valence-corrected chi connectivity index (χ0v) is 12.4. The lowest BCUT2D eigenvalue weighted by atomic mass is 10.2. The van der Waals surface area contributed by atoms with Crippen molar-refractivity contribution >= 4 is 32.8 Å². The Kier molecular flexibility index (Phi) is 4.85. The molecule has 0 N–H and O–H groups in total. The number of carbonyl (C=O) groups is 1. The third-order valence-electron chi connectivity index (χ3n) is 2.66. The molecule has 0 aliphatic rings. The quantitative estimate of drug-likeness (QED) is 0.605. The zero-order chi connectivity index (χ0) is 13.7. The van der Waals surface area contributed by atoms with Crippen LogP contribution in [0.15, 0.2) is 30.5 Å². The lowest BCUT2D eigenvalue weighted by Crippen LogP contribution is -2.17. The smallest absolute Gasteiger partial charge is 0.332 e. The van der Waals surface area contributed by atoms with E-state index in [4.69, 9.17) is 9.57 Å². The van der Waals surface area contributed by atoms with E-state index in [2.05, 4.69) is 15.9 Å². The number of hydrogen-bond acceptors (Lipinski definition) is 3. The topological polar surface area (TPSA) is 40.5 Å². The molecule has 0 bridgehead atoms. The molecular weight excluding hydrogens is 310 g/mol. The molecule has 4 nitrogen and oxygen atoms in total. The van der Waals surface area contributed by atoms with Crippen molar-refractivity contribution in [1.82, 2.24) is 4.73 Å². The van der Waals surface area contributed by atoms with E-state index in [1.807, 2.05) is 24.3 Å². The number of benzene rings is 1. The fourth-order valence-electron chi connectivity index (χ4n) is 1.68. The van der Waals surface area contributed by atoms with Gasteiger partial charge in [-0.1, -0.05) is 22.9 Å². The molecule has 102 valence electrons. The summed E-state index contributed by atoms with van der Waals surface area (Å²) in [7, 11) is 0. The molecule has 0 aliphatic heterocycles. The Bertz CT molecular complexity index is 565. The molecule has 0 radical (unpaired) electrons. The average Bonchev–Trinajstić information content (AvgIpc) is 2.81. The van der Waals surface area contributed by atoms with Gasteiger partial charge in [0, 0.05) is 23.3 Å². The Hall–Kier alpha value is -1.49. The normalized spacial score (nSPS) is 10.6. The van der Waals surface area contributed by atoms with E-state index >= 15 is 0 Å². The summed E-state index contributed by atoms with van der Waals surface area (Å²) in [5.74, 6) is 0.572. The molecule has 0 fully saturated rings. The van der Waals surface area contributed by atoms with Crippen LogP contribution in [-0.2, 0) is 4.79 Å². The predicted molar refractivity (Wildman–Crippen MR) is 77.7 cm³/mol. The number of rotatable bonds is 6. The molecule has 0 unspecified atom stereocenters. The van der Waals surface area contributed by atoms with Crippen LogP contribution in [0.2, 0.25) is 0 Å². The zero-order valence-electron chi connectivity index (χ0n) is 10.8. The summed E-state index contributed by atoms with van der Waals surface area (Å²) in [5, 5.41) is 1.92. The van der Waals surface area contributed by atoms with Crippen LogP contribution in [0.5, 0.6) is 5.75 Å². The molecule has 0 atom stereocenters. The van der Waals surface area contributed by atoms with Crippen LogP contribution in [0, 0.1) is 0 Å². The maximum Gasteiger partial charge on any atom is 0.332 e. The van der Waals surface area contributed by atoms with E-state index in [0.717, 1.165) is 28.4 Å². The van der Waals surface area contributed by atoms with Gasteiger partial charge in [-0.2, -0.15) is 4.73 Å². The van der Waals surface area contributed by atoms with Crippen LogP contribution in [0.1, 0.15) is 19.8 Å². The lowest BCUT2D eigenvalue weighted by molar-refractivity contribution is -0.143. The van der Waals surface area contributed by atoms with Gasteiger partial charge in [0.05, 0.1) is 12.1 Å². The maximum atomic E-state index is 11.3. The van der Waals surface area contributed by atoms with Gasteiger partial charge in [-0.05, 0) is 30.7 Å². The molecule has 0 amide bonds. The Labute approximate surface area is 120 Å². The van der Waals surface area contributed by atoms with Crippen LogP contribution in [-0.4, -0.2) is 22.6 Å². The number of halogens is 1. The van der Waals surface area contributed by atoms with Crippen LogP contribution < -0.4 is 9.57 Å². The largest absolute Gasteiger partial charge is 0.494 e. The van der Waals surface area contributed by atoms with Crippen molar-refractivity contribution in [2.24, 2.45) is 0 Å². The minimum Gasteiger partial charge on any atom is -0.494 e. The minimum absolute atomic E-state index is 0.254. The first-order valence-corrected chi connectivity index (χ1v) is 7.37. The molecule has 1 aromatic heterocycles. The number of aromatic nitrogens is 1. The lowest BCUT2D eigenvalue weighted by Gasteiger charge is -2.07. The summed E-state index contributed by atoms with van der Waals surface area (Å²) in [6.45, 7) is 2.45. The highest BCUT2D eigenvalue weighted by atomic mass is 79.9. The number of fused-ring (bicyclic) bond motifs is 1. The first-order valence-electron chi connectivity index (χ1n) is 6.25. The second-order valence-corrected chi connectivity index (χ2v) is 4.86. The Morgan fingerprint density at radius 1 is 1.37 bits per heavy atom. The molecule has 0 saturated heterocycles. The summed E-state index contributed by atoms with van der Waals surface area (Å²) in [6, 6.07) is 7.62. The van der Waals surface area contributed by atoms with Crippen molar-refractivity contribution in [1.29, 1.82) is 0 Å². The average molecular weight is 326 g/mol. The number of ether oxygens (including phenoxy) is 1. The molecule has 5 heteroatoms. The summed E-state index contributed by atoms with van der Waals surface area (Å²) in [6.07, 6.45) is 3.06. The molecule has 1 heterocycles. The van der Waals surface area contributed by atoms with Crippen molar-refractivity contribution in [3.05, 3.63) is 30.5 Å². The molecule has 2 rings (SSSR count). The molecule has 0 saturated carbocycles. The summed E-state index contributed by atoms with van der Waals surface area (Å²) < 4.78 is 7.11. The number of nitrogens with zero attached hydrogens (tertiary/aromatic N) is 1. The van der Waals surface area contributed by atoms with Crippen molar-refractivity contribution in [3.63, 3.8) is 0 Å². The molecule has 1 aromatic carbocycles.